The van der Waals surface area contributed by atoms with Gasteiger partial charge >= 0.3 is 0 Å². The number of ether oxygens (including phenoxy) is 1. The van der Waals surface area contributed by atoms with Crippen LogP contribution in [0.2, 0.25) is 0 Å². The van der Waals surface area contributed by atoms with E-state index < -0.39 is 0 Å². The highest BCUT2D eigenvalue weighted by Gasteiger charge is 2.16. The maximum absolute atomic E-state index is 12.1. The summed E-state index contributed by atoms with van der Waals surface area (Å²) in [6.45, 7) is 5.85. The van der Waals surface area contributed by atoms with Crippen LogP contribution in [-0.4, -0.2) is 24.2 Å². The minimum Gasteiger partial charge on any atom is -0.497 e. The Morgan fingerprint density at radius 3 is 2.23 bits per heavy atom. The molecular weight excluding hydrogens is 328 g/mol. The second kappa shape index (κ2) is 7.44. The Labute approximate surface area is 153 Å². The Morgan fingerprint density at radius 2 is 1.65 bits per heavy atom. The van der Waals surface area contributed by atoms with Gasteiger partial charge in [0.15, 0.2) is 5.76 Å². The van der Waals surface area contributed by atoms with E-state index in [-0.39, 0.29) is 11.9 Å². The minimum atomic E-state index is -0.0836. The van der Waals surface area contributed by atoms with Crippen LogP contribution in [0.3, 0.4) is 0 Å². The molecule has 134 valence electrons. The molecule has 5 heteroatoms. The predicted molar refractivity (Wildman–Crippen MR) is 101 cm³/mol. The minimum absolute atomic E-state index is 0.0836. The number of carbonyl (C=O) groups excluding carboxylic acids is 1. The van der Waals surface area contributed by atoms with E-state index in [1.165, 1.54) is 0 Å². The molecule has 0 unspecified atom stereocenters. The van der Waals surface area contributed by atoms with Crippen molar-refractivity contribution in [1.82, 2.24) is 10.5 Å². The van der Waals surface area contributed by atoms with Gasteiger partial charge in [-0.3, -0.25) is 4.79 Å². The molecule has 1 heterocycles. The van der Waals surface area contributed by atoms with Crippen molar-refractivity contribution in [2.75, 3.05) is 7.11 Å². The van der Waals surface area contributed by atoms with Gasteiger partial charge in [-0.1, -0.05) is 17.3 Å². The first kappa shape index (κ1) is 17.7. The Morgan fingerprint density at radius 1 is 1.04 bits per heavy atom. The van der Waals surface area contributed by atoms with Crippen molar-refractivity contribution in [2.24, 2.45) is 0 Å². The van der Waals surface area contributed by atoms with Gasteiger partial charge in [-0.2, -0.15) is 0 Å². The number of amides is 1. The molecule has 0 saturated carbocycles. The van der Waals surface area contributed by atoms with E-state index in [2.05, 4.69) is 10.5 Å². The lowest BCUT2D eigenvalue weighted by atomic mass is 10.0. The molecule has 3 aromatic rings. The van der Waals surface area contributed by atoms with Crippen LogP contribution in [0, 0.1) is 6.92 Å². The van der Waals surface area contributed by atoms with Gasteiger partial charge in [-0.05, 0) is 57.2 Å². The quantitative estimate of drug-likeness (QED) is 0.738. The smallest absolute Gasteiger partial charge is 0.251 e. The molecule has 0 fully saturated rings. The van der Waals surface area contributed by atoms with Crippen LogP contribution in [0.1, 0.15) is 29.8 Å². The van der Waals surface area contributed by atoms with E-state index in [1.807, 2.05) is 57.2 Å². The maximum atomic E-state index is 12.1. The molecule has 0 atom stereocenters. The van der Waals surface area contributed by atoms with Gasteiger partial charge in [-0.15, -0.1) is 0 Å². The molecule has 0 radical (unpaired) electrons. The summed E-state index contributed by atoms with van der Waals surface area (Å²) in [6, 6.07) is 15.1. The van der Waals surface area contributed by atoms with Gasteiger partial charge in [0.2, 0.25) is 0 Å². The van der Waals surface area contributed by atoms with Crippen LogP contribution in [0.5, 0.6) is 5.75 Å². The van der Waals surface area contributed by atoms with Gasteiger partial charge in [0.25, 0.3) is 5.91 Å². The van der Waals surface area contributed by atoms with Crippen molar-refractivity contribution in [2.45, 2.75) is 26.8 Å². The van der Waals surface area contributed by atoms with Crippen molar-refractivity contribution in [1.29, 1.82) is 0 Å². The van der Waals surface area contributed by atoms with E-state index in [9.17, 15) is 4.79 Å². The van der Waals surface area contributed by atoms with Gasteiger partial charge in [-0.25, -0.2) is 0 Å². The number of hydrogen-bond donors (Lipinski definition) is 1. The summed E-state index contributed by atoms with van der Waals surface area (Å²) in [5.74, 6) is 1.41. The molecule has 5 nitrogen and oxygen atoms in total. The fourth-order valence-electron chi connectivity index (χ4n) is 2.74. The number of hydrogen-bond acceptors (Lipinski definition) is 4. The van der Waals surface area contributed by atoms with Crippen LogP contribution in [0.4, 0.5) is 0 Å². The molecule has 2 aromatic carbocycles. The summed E-state index contributed by atoms with van der Waals surface area (Å²) in [5, 5.41) is 7.10. The first-order valence-corrected chi connectivity index (χ1v) is 8.51. The third kappa shape index (κ3) is 3.61. The fraction of sp³-hybridized carbons (Fsp3) is 0.238. The number of methoxy groups -OCH3 is 1. The largest absolute Gasteiger partial charge is 0.497 e. The number of nitrogens with one attached hydrogen (secondary N) is 1. The molecule has 1 N–H and O–H groups in total. The average molecular weight is 350 g/mol. The normalized spacial score (nSPS) is 10.8. The summed E-state index contributed by atoms with van der Waals surface area (Å²) in [5.41, 5.74) is 4.22. The van der Waals surface area contributed by atoms with Crippen molar-refractivity contribution in [3.63, 3.8) is 0 Å². The van der Waals surface area contributed by atoms with Crippen molar-refractivity contribution in [3.05, 3.63) is 59.7 Å². The Kier molecular flexibility index (Phi) is 5.07. The Balaban J connectivity index is 1.86. The lowest BCUT2D eigenvalue weighted by molar-refractivity contribution is 0.0943. The summed E-state index contributed by atoms with van der Waals surface area (Å²) >= 11 is 0. The maximum Gasteiger partial charge on any atom is 0.251 e. The first-order chi connectivity index (χ1) is 12.5. The molecule has 0 aliphatic rings. The van der Waals surface area contributed by atoms with Gasteiger partial charge < -0.3 is 14.6 Å². The van der Waals surface area contributed by atoms with E-state index >= 15 is 0 Å². The van der Waals surface area contributed by atoms with E-state index in [0.717, 1.165) is 28.1 Å². The topological polar surface area (TPSA) is 64.4 Å². The molecule has 0 saturated heterocycles. The number of aromatic nitrogens is 1. The fourth-order valence-corrected chi connectivity index (χ4v) is 2.74. The average Bonchev–Trinajstić information content (AvgIpc) is 3.03. The van der Waals surface area contributed by atoms with Crippen LogP contribution < -0.4 is 10.1 Å². The molecule has 26 heavy (non-hydrogen) atoms. The first-order valence-electron chi connectivity index (χ1n) is 8.51. The Bertz CT molecular complexity index is 894. The lowest BCUT2D eigenvalue weighted by Gasteiger charge is -2.08. The summed E-state index contributed by atoms with van der Waals surface area (Å²) in [6.07, 6.45) is 0. The van der Waals surface area contributed by atoms with Crippen LogP contribution in [-0.2, 0) is 0 Å². The molecule has 0 spiro atoms. The molecule has 1 amide bonds. The van der Waals surface area contributed by atoms with E-state index in [4.69, 9.17) is 9.26 Å². The van der Waals surface area contributed by atoms with Crippen molar-refractivity contribution >= 4 is 5.91 Å². The van der Waals surface area contributed by atoms with Crippen molar-refractivity contribution in [3.8, 4) is 28.3 Å². The monoisotopic (exact) mass is 350 g/mol. The van der Waals surface area contributed by atoms with Crippen LogP contribution in [0.15, 0.2) is 53.1 Å². The predicted octanol–water partition coefficient (Wildman–Crippen LogP) is 4.46. The molecular formula is C21H22N2O3. The van der Waals surface area contributed by atoms with E-state index in [0.29, 0.717) is 11.3 Å². The summed E-state index contributed by atoms with van der Waals surface area (Å²) < 4.78 is 10.8. The zero-order chi connectivity index (χ0) is 18.7. The van der Waals surface area contributed by atoms with Crippen LogP contribution in [0.25, 0.3) is 22.6 Å². The lowest BCUT2D eigenvalue weighted by Crippen LogP contribution is -2.29. The highest BCUT2D eigenvalue weighted by Crippen LogP contribution is 2.32. The van der Waals surface area contributed by atoms with Crippen molar-refractivity contribution < 1.29 is 14.1 Å². The van der Waals surface area contributed by atoms with Crippen LogP contribution >= 0.6 is 0 Å². The highest BCUT2D eigenvalue weighted by atomic mass is 16.5. The number of benzene rings is 2. The second-order valence-electron chi connectivity index (χ2n) is 6.42. The zero-order valence-electron chi connectivity index (χ0n) is 15.4. The number of nitrogens with zero attached hydrogens (tertiary/aromatic N) is 1. The highest BCUT2D eigenvalue weighted by molar-refractivity contribution is 5.94. The third-order valence-corrected chi connectivity index (χ3v) is 4.12. The Hall–Kier alpha value is -3.08. The summed E-state index contributed by atoms with van der Waals surface area (Å²) in [4.78, 5) is 12.1. The molecule has 0 aliphatic carbocycles. The number of rotatable bonds is 5. The van der Waals surface area contributed by atoms with Gasteiger partial charge in [0.1, 0.15) is 11.4 Å². The molecule has 0 bridgehead atoms. The van der Waals surface area contributed by atoms with E-state index in [1.54, 1.807) is 19.2 Å². The molecule has 3 rings (SSSR count). The molecule has 1 aromatic heterocycles. The molecule has 0 aliphatic heterocycles. The second-order valence-corrected chi connectivity index (χ2v) is 6.42. The van der Waals surface area contributed by atoms with Gasteiger partial charge in [0, 0.05) is 28.3 Å². The zero-order valence-corrected chi connectivity index (χ0v) is 15.4. The SMILES string of the molecule is COc1ccc(-c2noc(-c3ccc(C(=O)NC(C)C)cc3)c2C)cc1. The standard InChI is InChI=1S/C21H22N2O3/c1-13(2)22-21(24)17-7-5-16(6-8-17)20-14(3)19(23-26-20)15-9-11-18(25-4)12-10-15/h5-13H,1-4H3,(H,22,24). The summed E-state index contributed by atoms with van der Waals surface area (Å²) in [7, 11) is 1.64. The number of carbonyl (C=O) groups is 1. The third-order valence-electron chi connectivity index (χ3n) is 4.12. The van der Waals surface area contributed by atoms with Gasteiger partial charge in [0.05, 0.1) is 7.11 Å².